The fourth-order valence-corrected chi connectivity index (χ4v) is 6.06. The minimum absolute atomic E-state index is 0.0138. The lowest BCUT2D eigenvalue weighted by molar-refractivity contribution is -0.387. The maximum absolute atomic E-state index is 13.8. The van der Waals surface area contributed by atoms with Crippen molar-refractivity contribution in [2.75, 3.05) is 25.1 Å². The topological polar surface area (TPSA) is 140 Å². The van der Waals surface area contributed by atoms with Crippen molar-refractivity contribution in [2.24, 2.45) is 16.4 Å². The van der Waals surface area contributed by atoms with Crippen LogP contribution in [0.5, 0.6) is 11.5 Å². The zero-order valence-electron chi connectivity index (χ0n) is 22.3. The number of anilines is 1. The number of carbonyl (C=O) groups is 1. The Bertz CT molecular complexity index is 1310. The molecule has 12 heteroatoms. The molecule has 0 saturated heterocycles. The van der Waals surface area contributed by atoms with Gasteiger partial charge >= 0.3 is 0 Å². The van der Waals surface area contributed by atoms with Gasteiger partial charge in [0.05, 0.1) is 24.8 Å². The molecule has 1 fully saturated rings. The molecule has 1 aliphatic carbocycles. The summed E-state index contributed by atoms with van der Waals surface area (Å²) in [6, 6.07) is 9.35. The van der Waals surface area contributed by atoms with Crippen LogP contribution < -0.4 is 19.2 Å². The first-order valence-electron chi connectivity index (χ1n) is 12.2. The normalized spacial score (nSPS) is 15.9. The van der Waals surface area contributed by atoms with Crippen molar-refractivity contribution in [3.8, 4) is 11.5 Å². The second-order valence-electron chi connectivity index (χ2n) is 10.1. The second-order valence-corrected chi connectivity index (χ2v) is 12.0. The number of nitro groups is 1. The minimum Gasteiger partial charge on any atom is -0.497 e. The number of methoxy groups -OCH3 is 2. The second kappa shape index (κ2) is 11.8. The van der Waals surface area contributed by atoms with Crippen LogP contribution in [0.3, 0.4) is 0 Å². The molecule has 1 saturated carbocycles. The first-order chi connectivity index (χ1) is 17.9. The summed E-state index contributed by atoms with van der Waals surface area (Å²) in [6.45, 7) is 5.95. The van der Waals surface area contributed by atoms with Gasteiger partial charge in [-0.25, -0.2) is 13.8 Å². The molecule has 3 rings (SSSR count). The Hall–Kier alpha value is -3.67. The molecule has 0 aliphatic heterocycles. The highest BCUT2D eigenvalue weighted by Crippen LogP contribution is 2.38. The molecule has 1 aliphatic rings. The van der Waals surface area contributed by atoms with E-state index in [1.165, 1.54) is 44.6 Å². The van der Waals surface area contributed by atoms with E-state index in [9.17, 15) is 23.3 Å². The van der Waals surface area contributed by atoms with Gasteiger partial charge in [-0.05, 0) is 55.2 Å². The summed E-state index contributed by atoms with van der Waals surface area (Å²) in [7, 11) is -1.80. The third-order valence-electron chi connectivity index (χ3n) is 6.70. The predicted molar refractivity (Wildman–Crippen MR) is 144 cm³/mol. The molecule has 0 spiro atoms. The number of hydrogen-bond acceptors (Lipinski definition) is 8. The highest BCUT2D eigenvalue weighted by atomic mass is 32.2. The fourth-order valence-electron chi connectivity index (χ4n) is 4.47. The van der Waals surface area contributed by atoms with Crippen molar-refractivity contribution < 1.29 is 27.6 Å². The van der Waals surface area contributed by atoms with Crippen LogP contribution in [0.25, 0.3) is 0 Å². The van der Waals surface area contributed by atoms with Gasteiger partial charge in [-0.2, -0.15) is 5.10 Å². The smallest absolute Gasteiger partial charge is 0.289 e. The summed E-state index contributed by atoms with van der Waals surface area (Å²) < 4.78 is 38.9. The van der Waals surface area contributed by atoms with Crippen molar-refractivity contribution in [3.63, 3.8) is 0 Å². The molecular weight excluding hydrogens is 512 g/mol. The largest absolute Gasteiger partial charge is 0.497 e. The summed E-state index contributed by atoms with van der Waals surface area (Å²) in [6.07, 6.45) is 3.40. The average molecular weight is 547 g/mol. The van der Waals surface area contributed by atoms with Crippen molar-refractivity contribution in [3.05, 3.63) is 52.6 Å². The number of amides is 1. The number of nitrogens with zero attached hydrogens (tertiary/aromatic N) is 3. The van der Waals surface area contributed by atoms with E-state index in [1.807, 2.05) is 0 Å². The third-order valence-corrected chi connectivity index (χ3v) is 8.51. The molecule has 2 aromatic carbocycles. The number of nitro benzene ring substituents is 1. The number of ether oxygens (including phenoxy) is 2. The molecule has 0 aromatic heterocycles. The molecule has 1 N–H and O–H groups in total. The lowest BCUT2D eigenvalue weighted by Gasteiger charge is -2.34. The lowest BCUT2D eigenvalue weighted by atomic mass is 9.72. The molecule has 0 bridgehead atoms. The average Bonchev–Trinajstić information content (AvgIpc) is 2.89. The van der Waals surface area contributed by atoms with E-state index in [0.717, 1.165) is 47.8 Å². The zero-order chi connectivity index (χ0) is 28.1. The predicted octanol–water partition coefficient (Wildman–Crippen LogP) is 4.52. The van der Waals surface area contributed by atoms with Crippen LogP contribution in [-0.2, 0) is 14.8 Å². The van der Waals surface area contributed by atoms with Gasteiger partial charge in [-0.1, -0.05) is 32.9 Å². The molecule has 206 valence electrons. The summed E-state index contributed by atoms with van der Waals surface area (Å²) in [4.78, 5) is 23.3. The summed E-state index contributed by atoms with van der Waals surface area (Å²) >= 11 is 0. The van der Waals surface area contributed by atoms with Crippen LogP contribution in [-0.4, -0.2) is 45.7 Å². The molecule has 11 nitrogen and oxygen atoms in total. The van der Waals surface area contributed by atoms with E-state index in [4.69, 9.17) is 9.47 Å². The van der Waals surface area contributed by atoms with Gasteiger partial charge in [-0.15, -0.1) is 0 Å². The quantitative estimate of drug-likeness (QED) is 0.360. The zero-order valence-corrected chi connectivity index (χ0v) is 23.1. The molecular formula is C26H34N4O7S. The fraction of sp³-hybridized carbons (Fsp3) is 0.462. The Morgan fingerprint density at radius 1 is 1.13 bits per heavy atom. The van der Waals surface area contributed by atoms with E-state index in [-0.39, 0.29) is 16.9 Å². The number of rotatable bonds is 9. The highest BCUT2D eigenvalue weighted by molar-refractivity contribution is 7.93. The van der Waals surface area contributed by atoms with Crippen LogP contribution in [0.4, 0.5) is 11.4 Å². The Kier molecular flexibility index (Phi) is 8.97. The molecule has 38 heavy (non-hydrogen) atoms. The highest BCUT2D eigenvalue weighted by Gasteiger charge is 2.35. The first kappa shape index (κ1) is 28.9. The summed E-state index contributed by atoms with van der Waals surface area (Å²) in [5.41, 5.74) is 2.91. The number of sulfonamides is 1. The van der Waals surface area contributed by atoms with Crippen LogP contribution in [0, 0.1) is 21.4 Å². The standard InChI is InChI=1S/C26H34N4O7S/c1-26(2,3)18-10-12-19(13-11-18)27-28-25(31)17-29(21-15-14-20(36-4)16-23(21)37-5)38(34,35)24-9-7-6-8-22(24)30(32)33/h6-9,14-16,18H,10-13,17H2,1-5H3,(H,28,31). The Balaban J connectivity index is 1.93. The summed E-state index contributed by atoms with van der Waals surface area (Å²) in [5.74, 6) is 0.360. The van der Waals surface area contributed by atoms with E-state index in [0.29, 0.717) is 11.7 Å². The van der Waals surface area contributed by atoms with Gasteiger partial charge in [0.1, 0.15) is 18.0 Å². The van der Waals surface area contributed by atoms with Gasteiger partial charge in [0, 0.05) is 17.8 Å². The van der Waals surface area contributed by atoms with E-state index in [1.54, 1.807) is 0 Å². The summed E-state index contributed by atoms with van der Waals surface area (Å²) in [5, 5.41) is 15.9. The number of nitrogens with one attached hydrogen (secondary N) is 1. The van der Waals surface area contributed by atoms with Crippen molar-refractivity contribution in [1.29, 1.82) is 0 Å². The van der Waals surface area contributed by atoms with E-state index >= 15 is 0 Å². The minimum atomic E-state index is -4.58. The van der Waals surface area contributed by atoms with Crippen LogP contribution in [0.2, 0.25) is 0 Å². The lowest BCUT2D eigenvalue weighted by Crippen LogP contribution is -2.40. The maximum Gasteiger partial charge on any atom is 0.289 e. The Morgan fingerprint density at radius 3 is 2.37 bits per heavy atom. The van der Waals surface area contributed by atoms with Crippen molar-refractivity contribution >= 4 is 33.0 Å². The monoisotopic (exact) mass is 546 g/mol. The third kappa shape index (κ3) is 6.60. The molecule has 1 amide bonds. The van der Waals surface area contributed by atoms with Crippen LogP contribution >= 0.6 is 0 Å². The SMILES string of the molecule is COc1ccc(N(CC(=O)NN=C2CCC(C(C)(C)C)CC2)S(=O)(=O)c2ccccc2[N+](=O)[O-])c(OC)c1. The Labute approximate surface area is 223 Å². The molecule has 2 aromatic rings. The van der Waals surface area contributed by atoms with Crippen LogP contribution in [0.15, 0.2) is 52.5 Å². The first-order valence-corrected chi connectivity index (χ1v) is 13.6. The van der Waals surface area contributed by atoms with Gasteiger partial charge in [0.25, 0.3) is 21.6 Å². The number of para-hydroxylation sites is 1. The van der Waals surface area contributed by atoms with E-state index in [2.05, 4.69) is 31.3 Å². The number of hydrazone groups is 1. The van der Waals surface area contributed by atoms with Gasteiger partial charge < -0.3 is 9.47 Å². The Morgan fingerprint density at radius 2 is 1.79 bits per heavy atom. The van der Waals surface area contributed by atoms with Crippen molar-refractivity contribution in [1.82, 2.24) is 5.43 Å². The van der Waals surface area contributed by atoms with Gasteiger partial charge in [0.15, 0.2) is 4.90 Å². The van der Waals surface area contributed by atoms with Crippen LogP contribution in [0.1, 0.15) is 46.5 Å². The molecule has 0 atom stereocenters. The van der Waals surface area contributed by atoms with Crippen molar-refractivity contribution in [2.45, 2.75) is 51.3 Å². The number of hydrogen-bond donors (Lipinski definition) is 1. The number of carbonyl (C=O) groups excluding carboxylic acids is 1. The van der Waals surface area contributed by atoms with Gasteiger partial charge in [-0.3, -0.25) is 19.2 Å². The van der Waals surface area contributed by atoms with Gasteiger partial charge in [0.2, 0.25) is 0 Å². The molecule has 0 unspecified atom stereocenters. The molecule has 0 heterocycles. The maximum atomic E-state index is 13.8. The van der Waals surface area contributed by atoms with E-state index < -0.39 is 38.0 Å². The molecule has 0 radical (unpaired) electrons. The number of benzene rings is 2.